The van der Waals surface area contributed by atoms with Crippen molar-refractivity contribution in [1.29, 1.82) is 0 Å². The Kier molecular flexibility index (Phi) is 3.14. The number of aromatic nitrogens is 4. The van der Waals surface area contributed by atoms with Crippen molar-refractivity contribution in [2.45, 2.75) is 32.9 Å². The van der Waals surface area contributed by atoms with E-state index in [2.05, 4.69) is 15.1 Å². The van der Waals surface area contributed by atoms with Crippen molar-refractivity contribution >= 4 is 17.0 Å². The Balaban J connectivity index is 2.43. The van der Waals surface area contributed by atoms with Gasteiger partial charge in [0, 0.05) is 6.04 Å². The second-order valence-corrected chi connectivity index (χ2v) is 4.20. The SMILES string of the molecule is CC(Oc1ncnc2c1cnn2C(C)C)C(=O)O. The van der Waals surface area contributed by atoms with E-state index in [4.69, 9.17) is 9.84 Å². The number of hydrogen-bond acceptors (Lipinski definition) is 5. The quantitative estimate of drug-likeness (QED) is 0.878. The highest BCUT2D eigenvalue weighted by molar-refractivity contribution is 5.80. The van der Waals surface area contributed by atoms with Crippen LogP contribution in [0.3, 0.4) is 0 Å². The Bertz CT molecular complexity index is 579. The van der Waals surface area contributed by atoms with Crippen LogP contribution in [0.5, 0.6) is 5.88 Å². The van der Waals surface area contributed by atoms with Crippen LogP contribution in [-0.2, 0) is 4.79 Å². The number of fused-ring (bicyclic) bond motifs is 1. The molecule has 0 aliphatic carbocycles. The first kappa shape index (κ1) is 12.3. The van der Waals surface area contributed by atoms with Crippen LogP contribution in [0, 0.1) is 0 Å². The van der Waals surface area contributed by atoms with Crippen LogP contribution in [0.25, 0.3) is 11.0 Å². The minimum absolute atomic E-state index is 0.155. The lowest BCUT2D eigenvalue weighted by atomic mass is 10.3. The summed E-state index contributed by atoms with van der Waals surface area (Å²) in [4.78, 5) is 18.9. The maximum absolute atomic E-state index is 10.8. The molecule has 0 amide bonds. The molecule has 0 fully saturated rings. The average Bonchev–Trinajstić information content (AvgIpc) is 2.73. The van der Waals surface area contributed by atoms with Crippen molar-refractivity contribution in [3.8, 4) is 5.88 Å². The van der Waals surface area contributed by atoms with Gasteiger partial charge in [-0.1, -0.05) is 0 Å². The fourth-order valence-corrected chi connectivity index (χ4v) is 1.53. The molecule has 96 valence electrons. The molecule has 1 unspecified atom stereocenters. The molecule has 2 heterocycles. The Morgan fingerprint density at radius 2 is 2.11 bits per heavy atom. The summed E-state index contributed by atoms with van der Waals surface area (Å²) in [5, 5.41) is 13.6. The molecular formula is C11H14N4O3. The van der Waals surface area contributed by atoms with Gasteiger partial charge < -0.3 is 9.84 Å². The molecule has 0 aromatic carbocycles. The number of ether oxygens (including phenoxy) is 1. The largest absolute Gasteiger partial charge is 0.479 e. The molecule has 18 heavy (non-hydrogen) atoms. The fraction of sp³-hybridized carbons (Fsp3) is 0.455. The number of nitrogens with zero attached hydrogens (tertiary/aromatic N) is 4. The van der Waals surface area contributed by atoms with Crippen molar-refractivity contribution in [1.82, 2.24) is 19.7 Å². The molecule has 0 bridgehead atoms. The smallest absolute Gasteiger partial charge is 0.344 e. The lowest BCUT2D eigenvalue weighted by molar-refractivity contribution is -0.144. The average molecular weight is 250 g/mol. The maximum Gasteiger partial charge on any atom is 0.344 e. The van der Waals surface area contributed by atoms with Gasteiger partial charge in [0.2, 0.25) is 5.88 Å². The van der Waals surface area contributed by atoms with E-state index in [1.54, 1.807) is 10.9 Å². The third-order valence-corrected chi connectivity index (χ3v) is 2.48. The molecule has 0 saturated heterocycles. The third kappa shape index (κ3) is 2.11. The minimum atomic E-state index is -1.04. The van der Waals surface area contributed by atoms with Crippen LogP contribution in [0.15, 0.2) is 12.5 Å². The van der Waals surface area contributed by atoms with Crippen molar-refractivity contribution in [3.63, 3.8) is 0 Å². The van der Waals surface area contributed by atoms with Gasteiger partial charge in [-0.2, -0.15) is 5.10 Å². The van der Waals surface area contributed by atoms with Gasteiger partial charge in [-0.25, -0.2) is 19.4 Å². The summed E-state index contributed by atoms with van der Waals surface area (Å²) in [7, 11) is 0. The lowest BCUT2D eigenvalue weighted by Crippen LogP contribution is -2.23. The second-order valence-electron chi connectivity index (χ2n) is 4.20. The number of rotatable bonds is 4. The summed E-state index contributed by atoms with van der Waals surface area (Å²) in [6.07, 6.45) is 1.96. The lowest BCUT2D eigenvalue weighted by Gasteiger charge is -2.10. The molecule has 0 spiro atoms. The molecule has 7 nitrogen and oxygen atoms in total. The molecule has 1 N–H and O–H groups in total. The number of hydrogen-bond donors (Lipinski definition) is 1. The number of aliphatic carboxylic acids is 1. The molecule has 7 heteroatoms. The maximum atomic E-state index is 10.8. The van der Waals surface area contributed by atoms with E-state index in [9.17, 15) is 4.79 Å². The Morgan fingerprint density at radius 1 is 1.39 bits per heavy atom. The van der Waals surface area contributed by atoms with E-state index in [1.165, 1.54) is 13.3 Å². The summed E-state index contributed by atoms with van der Waals surface area (Å²) < 4.78 is 7.01. The monoisotopic (exact) mass is 250 g/mol. The Morgan fingerprint density at radius 3 is 2.72 bits per heavy atom. The van der Waals surface area contributed by atoms with Crippen LogP contribution in [-0.4, -0.2) is 36.9 Å². The van der Waals surface area contributed by atoms with Crippen LogP contribution in [0.2, 0.25) is 0 Å². The highest BCUT2D eigenvalue weighted by Gasteiger charge is 2.17. The summed E-state index contributed by atoms with van der Waals surface area (Å²) >= 11 is 0. The minimum Gasteiger partial charge on any atom is -0.479 e. The summed E-state index contributed by atoms with van der Waals surface area (Å²) in [5.74, 6) is -0.806. The zero-order valence-corrected chi connectivity index (χ0v) is 10.4. The molecule has 0 aliphatic rings. The van der Waals surface area contributed by atoms with Gasteiger partial charge in [-0.05, 0) is 20.8 Å². The van der Waals surface area contributed by atoms with Gasteiger partial charge in [0.1, 0.15) is 11.7 Å². The van der Waals surface area contributed by atoms with Crippen LogP contribution >= 0.6 is 0 Å². The van der Waals surface area contributed by atoms with Crippen molar-refractivity contribution in [2.75, 3.05) is 0 Å². The Labute approximate surface area is 103 Å². The Hall–Kier alpha value is -2.18. The number of carboxylic acid groups (broad SMARTS) is 1. The molecule has 2 aromatic rings. The van der Waals surface area contributed by atoms with Crippen LogP contribution < -0.4 is 4.74 Å². The summed E-state index contributed by atoms with van der Waals surface area (Å²) in [5.41, 5.74) is 0.632. The fourth-order valence-electron chi connectivity index (χ4n) is 1.53. The predicted octanol–water partition coefficient (Wildman–Crippen LogP) is 1.26. The summed E-state index contributed by atoms with van der Waals surface area (Å²) in [6, 6.07) is 0.155. The van der Waals surface area contributed by atoms with Gasteiger partial charge in [-0.15, -0.1) is 0 Å². The van der Waals surface area contributed by atoms with E-state index in [0.717, 1.165) is 0 Å². The normalized spacial score (nSPS) is 12.9. The number of carbonyl (C=O) groups is 1. The van der Waals surface area contributed by atoms with Gasteiger partial charge >= 0.3 is 5.97 Å². The molecular weight excluding hydrogens is 236 g/mol. The highest BCUT2D eigenvalue weighted by atomic mass is 16.5. The third-order valence-electron chi connectivity index (χ3n) is 2.48. The first-order valence-electron chi connectivity index (χ1n) is 5.58. The van der Waals surface area contributed by atoms with Crippen LogP contribution in [0.1, 0.15) is 26.8 Å². The molecule has 0 saturated carbocycles. The van der Waals surface area contributed by atoms with Crippen LogP contribution in [0.4, 0.5) is 0 Å². The van der Waals surface area contributed by atoms with E-state index < -0.39 is 12.1 Å². The van der Waals surface area contributed by atoms with Crippen molar-refractivity contribution in [2.24, 2.45) is 0 Å². The van der Waals surface area contributed by atoms with E-state index in [-0.39, 0.29) is 11.9 Å². The molecule has 2 rings (SSSR count). The standard InChI is InChI=1S/C11H14N4O3/c1-6(2)15-9-8(4-14-15)10(13-5-12-9)18-7(3)11(16)17/h4-7H,1-3H3,(H,16,17). The van der Waals surface area contributed by atoms with E-state index >= 15 is 0 Å². The molecule has 1 atom stereocenters. The zero-order valence-electron chi connectivity index (χ0n) is 10.4. The molecule has 0 aliphatic heterocycles. The van der Waals surface area contributed by atoms with E-state index in [0.29, 0.717) is 11.0 Å². The first-order valence-corrected chi connectivity index (χ1v) is 5.58. The topological polar surface area (TPSA) is 90.1 Å². The van der Waals surface area contributed by atoms with E-state index in [1.807, 2.05) is 13.8 Å². The van der Waals surface area contributed by atoms with Gasteiger partial charge in [0.05, 0.1) is 6.20 Å². The molecule has 0 radical (unpaired) electrons. The van der Waals surface area contributed by atoms with Gasteiger partial charge in [0.25, 0.3) is 0 Å². The van der Waals surface area contributed by atoms with Crippen molar-refractivity contribution in [3.05, 3.63) is 12.5 Å². The zero-order chi connectivity index (χ0) is 13.3. The second kappa shape index (κ2) is 4.59. The predicted molar refractivity (Wildman–Crippen MR) is 63.4 cm³/mol. The highest BCUT2D eigenvalue weighted by Crippen LogP contribution is 2.23. The first-order chi connectivity index (χ1) is 8.50. The van der Waals surface area contributed by atoms with Crippen molar-refractivity contribution < 1.29 is 14.6 Å². The van der Waals surface area contributed by atoms with Gasteiger partial charge in [-0.3, -0.25) is 0 Å². The molecule has 2 aromatic heterocycles. The van der Waals surface area contributed by atoms with Gasteiger partial charge in [0.15, 0.2) is 11.8 Å². The number of carboxylic acids is 1. The summed E-state index contributed by atoms with van der Waals surface area (Å²) in [6.45, 7) is 5.41.